The van der Waals surface area contributed by atoms with Crippen molar-refractivity contribution in [2.45, 2.75) is 19.4 Å². The molecule has 1 atom stereocenters. The van der Waals surface area contributed by atoms with Crippen LogP contribution in [0.2, 0.25) is 0 Å². The first-order valence-electron chi connectivity index (χ1n) is 6.51. The van der Waals surface area contributed by atoms with E-state index in [1.54, 1.807) is 0 Å². The molecule has 2 heteroatoms. The number of benzene rings is 1. The predicted octanol–water partition coefficient (Wildman–Crippen LogP) is 2.38. The number of nitrogens with one attached hydrogen (secondary N) is 1. The minimum atomic E-state index is 0.364. The van der Waals surface area contributed by atoms with Crippen LogP contribution in [0.1, 0.15) is 24.1 Å². The Morgan fingerprint density at radius 1 is 1.29 bits per heavy atom. The van der Waals surface area contributed by atoms with E-state index in [4.69, 9.17) is 0 Å². The highest BCUT2D eigenvalue weighted by Gasteiger charge is 2.18. The largest absolute Gasteiger partial charge is 0.314 e. The van der Waals surface area contributed by atoms with Crippen molar-refractivity contribution in [3.05, 3.63) is 48.0 Å². The van der Waals surface area contributed by atoms with Crippen molar-refractivity contribution in [1.29, 1.82) is 0 Å². The molecular formula is C15H22N2. The topological polar surface area (TPSA) is 15.3 Å². The Hall–Kier alpha value is -1.12. The Balaban J connectivity index is 2.12. The molecule has 1 N–H and O–H groups in total. The van der Waals surface area contributed by atoms with Gasteiger partial charge in [0.05, 0.1) is 6.04 Å². The molecule has 0 aliphatic carbocycles. The molecule has 0 bridgehead atoms. The van der Waals surface area contributed by atoms with E-state index < -0.39 is 0 Å². The molecule has 1 heterocycles. The second-order valence-electron chi connectivity index (χ2n) is 4.56. The second-order valence-corrected chi connectivity index (χ2v) is 4.56. The standard InChI is InChI=1S/C15H22N2/c1-3-13-5-7-14(8-6-13)15(4-2)17-11-9-16-10-12-17/h4-8,15-16H,2-3,9-12H2,1H3/t15-/m1/s1. The zero-order chi connectivity index (χ0) is 12.1. The fourth-order valence-corrected chi connectivity index (χ4v) is 2.41. The van der Waals surface area contributed by atoms with E-state index in [2.05, 4.69) is 54.1 Å². The molecule has 0 saturated carbocycles. The molecule has 0 unspecified atom stereocenters. The van der Waals surface area contributed by atoms with Crippen LogP contribution >= 0.6 is 0 Å². The van der Waals surface area contributed by atoms with Gasteiger partial charge in [0.2, 0.25) is 0 Å². The van der Waals surface area contributed by atoms with E-state index >= 15 is 0 Å². The highest BCUT2D eigenvalue weighted by atomic mass is 15.2. The molecule has 1 fully saturated rings. The molecule has 2 nitrogen and oxygen atoms in total. The number of piperazine rings is 1. The molecule has 0 spiro atoms. The third kappa shape index (κ3) is 2.96. The first kappa shape index (κ1) is 12.3. The molecule has 1 aliphatic heterocycles. The number of rotatable bonds is 4. The van der Waals surface area contributed by atoms with Crippen molar-refractivity contribution in [3.63, 3.8) is 0 Å². The van der Waals surface area contributed by atoms with Crippen LogP contribution < -0.4 is 5.32 Å². The van der Waals surface area contributed by atoms with Gasteiger partial charge in [0.25, 0.3) is 0 Å². The Morgan fingerprint density at radius 3 is 2.47 bits per heavy atom. The predicted molar refractivity (Wildman–Crippen MR) is 73.2 cm³/mol. The SMILES string of the molecule is C=C[C@H](c1ccc(CC)cc1)N1CCNCC1. The summed E-state index contributed by atoms with van der Waals surface area (Å²) in [6, 6.07) is 9.31. The van der Waals surface area contributed by atoms with Gasteiger partial charge in [-0.2, -0.15) is 0 Å². The lowest BCUT2D eigenvalue weighted by atomic mass is 10.0. The molecule has 1 aliphatic rings. The van der Waals surface area contributed by atoms with E-state index in [1.165, 1.54) is 11.1 Å². The van der Waals surface area contributed by atoms with Gasteiger partial charge in [0.15, 0.2) is 0 Å². The van der Waals surface area contributed by atoms with Gasteiger partial charge in [-0.1, -0.05) is 37.3 Å². The minimum absolute atomic E-state index is 0.364. The summed E-state index contributed by atoms with van der Waals surface area (Å²) in [4.78, 5) is 2.49. The smallest absolute Gasteiger partial charge is 0.0529 e. The summed E-state index contributed by atoms with van der Waals surface area (Å²) in [7, 11) is 0. The van der Waals surface area contributed by atoms with Crippen LogP contribution in [0.5, 0.6) is 0 Å². The van der Waals surface area contributed by atoms with Gasteiger partial charge >= 0.3 is 0 Å². The van der Waals surface area contributed by atoms with Crippen molar-refractivity contribution >= 4 is 0 Å². The Morgan fingerprint density at radius 2 is 1.94 bits per heavy atom. The summed E-state index contributed by atoms with van der Waals surface area (Å²) in [6.07, 6.45) is 3.17. The van der Waals surface area contributed by atoms with Gasteiger partial charge in [-0.3, -0.25) is 4.90 Å². The minimum Gasteiger partial charge on any atom is -0.314 e. The molecule has 1 aromatic rings. The van der Waals surface area contributed by atoms with Crippen molar-refractivity contribution in [2.75, 3.05) is 26.2 Å². The second kappa shape index (κ2) is 5.99. The van der Waals surface area contributed by atoms with E-state index in [9.17, 15) is 0 Å². The molecular weight excluding hydrogens is 208 g/mol. The van der Waals surface area contributed by atoms with Gasteiger partial charge < -0.3 is 5.32 Å². The molecule has 2 rings (SSSR count). The van der Waals surface area contributed by atoms with Gasteiger partial charge in [-0.05, 0) is 17.5 Å². The first-order valence-corrected chi connectivity index (χ1v) is 6.51. The summed E-state index contributed by atoms with van der Waals surface area (Å²) in [5.74, 6) is 0. The van der Waals surface area contributed by atoms with Crippen LogP contribution in [-0.4, -0.2) is 31.1 Å². The van der Waals surface area contributed by atoms with E-state index in [0.717, 1.165) is 32.6 Å². The van der Waals surface area contributed by atoms with Crippen molar-refractivity contribution < 1.29 is 0 Å². The summed E-state index contributed by atoms with van der Waals surface area (Å²) in [5, 5.41) is 3.39. The average molecular weight is 230 g/mol. The Labute approximate surface area is 104 Å². The summed E-state index contributed by atoms with van der Waals surface area (Å²) >= 11 is 0. The van der Waals surface area contributed by atoms with Crippen LogP contribution in [0.15, 0.2) is 36.9 Å². The lowest BCUT2D eigenvalue weighted by Crippen LogP contribution is -2.44. The molecule has 0 aromatic heterocycles. The van der Waals surface area contributed by atoms with Crippen LogP contribution in [0.25, 0.3) is 0 Å². The lowest BCUT2D eigenvalue weighted by Gasteiger charge is -2.33. The van der Waals surface area contributed by atoms with Crippen LogP contribution in [0.3, 0.4) is 0 Å². The quantitative estimate of drug-likeness (QED) is 0.799. The maximum atomic E-state index is 3.99. The van der Waals surface area contributed by atoms with Crippen LogP contribution in [0.4, 0.5) is 0 Å². The summed E-state index contributed by atoms with van der Waals surface area (Å²) in [6.45, 7) is 10.6. The van der Waals surface area contributed by atoms with Gasteiger partial charge in [0.1, 0.15) is 0 Å². The van der Waals surface area contributed by atoms with Gasteiger partial charge in [0, 0.05) is 26.2 Å². The number of hydrogen-bond donors (Lipinski definition) is 1. The Bertz CT molecular complexity index is 350. The maximum absolute atomic E-state index is 3.99. The molecule has 1 aromatic carbocycles. The van der Waals surface area contributed by atoms with E-state index in [1.807, 2.05) is 0 Å². The van der Waals surface area contributed by atoms with Gasteiger partial charge in [-0.15, -0.1) is 6.58 Å². The molecule has 1 saturated heterocycles. The monoisotopic (exact) mass is 230 g/mol. The van der Waals surface area contributed by atoms with Crippen molar-refractivity contribution in [2.24, 2.45) is 0 Å². The van der Waals surface area contributed by atoms with Gasteiger partial charge in [-0.25, -0.2) is 0 Å². The number of hydrogen-bond acceptors (Lipinski definition) is 2. The maximum Gasteiger partial charge on any atom is 0.0529 e. The van der Waals surface area contributed by atoms with Crippen LogP contribution in [-0.2, 0) is 6.42 Å². The third-order valence-electron chi connectivity index (χ3n) is 3.50. The fourth-order valence-electron chi connectivity index (χ4n) is 2.41. The van der Waals surface area contributed by atoms with E-state index in [0.29, 0.717) is 6.04 Å². The van der Waals surface area contributed by atoms with Crippen molar-refractivity contribution in [1.82, 2.24) is 10.2 Å². The number of nitrogens with zero attached hydrogens (tertiary/aromatic N) is 1. The van der Waals surface area contributed by atoms with Crippen molar-refractivity contribution in [3.8, 4) is 0 Å². The Kier molecular flexibility index (Phi) is 4.35. The molecule has 92 valence electrons. The third-order valence-corrected chi connectivity index (χ3v) is 3.50. The number of aryl methyl sites for hydroxylation is 1. The van der Waals surface area contributed by atoms with Crippen LogP contribution in [0, 0.1) is 0 Å². The first-order chi connectivity index (χ1) is 8.35. The lowest BCUT2D eigenvalue weighted by molar-refractivity contribution is 0.203. The molecule has 0 amide bonds. The van der Waals surface area contributed by atoms with E-state index in [-0.39, 0.29) is 0 Å². The highest BCUT2D eigenvalue weighted by Crippen LogP contribution is 2.22. The molecule has 0 radical (unpaired) electrons. The highest BCUT2D eigenvalue weighted by molar-refractivity contribution is 5.27. The normalized spacial score (nSPS) is 18.9. The summed E-state index contributed by atoms with van der Waals surface area (Å²) < 4.78 is 0. The fraction of sp³-hybridized carbons (Fsp3) is 0.467. The zero-order valence-electron chi connectivity index (χ0n) is 10.7. The average Bonchev–Trinajstić information content (AvgIpc) is 2.42. The zero-order valence-corrected chi connectivity index (χ0v) is 10.7. The molecule has 17 heavy (non-hydrogen) atoms. The summed E-state index contributed by atoms with van der Waals surface area (Å²) in [5.41, 5.74) is 2.76.